The van der Waals surface area contributed by atoms with Crippen LogP contribution in [0, 0.1) is 0 Å². The maximum atomic E-state index is 12.7. The molecule has 3 nitrogen and oxygen atoms in total. The van der Waals surface area contributed by atoms with E-state index in [0.29, 0.717) is 17.7 Å². The number of halogens is 1. The lowest BCUT2D eigenvalue weighted by molar-refractivity contribution is 0.104. The van der Waals surface area contributed by atoms with Crippen molar-refractivity contribution < 1.29 is 9.53 Å². The van der Waals surface area contributed by atoms with Gasteiger partial charge in [-0.25, -0.2) is 0 Å². The van der Waals surface area contributed by atoms with Crippen molar-refractivity contribution in [3.63, 3.8) is 0 Å². The molecule has 3 aromatic rings. The van der Waals surface area contributed by atoms with E-state index in [9.17, 15) is 4.79 Å². The fraction of sp³-hybridized carbons (Fsp3) is 0.118. The molecule has 0 saturated heterocycles. The maximum Gasteiger partial charge on any atom is 0.195 e. The van der Waals surface area contributed by atoms with Crippen molar-refractivity contribution in [2.24, 2.45) is 0 Å². The maximum absolute atomic E-state index is 12.7. The average molecular weight is 344 g/mol. The van der Waals surface area contributed by atoms with Crippen molar-refractivity contribution in [1.29, 1.82) is 0 Å². The summed E-state index contributed by atoms with van der Waals surface area (Å²) >= 11 is 3.40. The number of aromatic amines is 1. The predicted octanol–water partition coefficient (Wildman–Crippen LogP) is 4.56. The van der Waals surface area contributed by atoms with Crippen molar-refractivity contribution in [2.75, 3.05) is 6.61 Å². The second-order valence-corrected chi connectivity index (χ2v) is 5.60. The van der Waals surface area contributed by atoms with Crippen molar-refractivity contribution in [1.82, 2.24) is 4.98 Å². The molecule has 0 aliphatic rings. The molecule has 0 bridgehead atoms. The molecule has 1 N–H and O–H groups in total. The zero-order valence-corrected chi connectivity index (χ0v) is 13.1. The van der Waals surface area contributed by atoms with Crippen LogP contribution in [-0.2, 0) is 0 Å². The van der Waals surface area contributed by atoms with Crippen molar-refractivity contribution in [2.45, 2.75) is 6.92 Å². The largest absolute Gasteiger partial charge is 0.494 e. The van der Waals surface area contributed by atoms with Gasteiger partial charge in [0.1, 0.15) is 5.75 Å². The van der Waals surface area contributed by atoms with Crippen molar-refractivity contribution >= 4 is 32.6 Å². The number of carbonyl (C=O) groups excluding carboxylic acids is 1. The summed E-state index contributed by atoms with van der Waals surface area (Å²) in [4.78, 5) is 15.8. The number of benzene rings is 2. The van der Waals surface area contributed by atoms with Gasteiger partial charge in [-0.05, 0) is 37.3 Å². The summed E-state index contributed by atoms with van der Waals surface area (Å²) in [6.45, 7) is 2.54. The van der Waals surface area contributed by atoms with Crippen LogP contribution < -0.4 is 4.74 Å². The SMILES string of the molecule is CCOc1ccc2[nH]cc(C(=O)c3cccc(Br)c3)c2c1. The first-order chi connectivity index (χ1) is 10.2. The van der Waals surface area contributed by atoms with Crippen LogP contribution in [0.1, 0.15) is 22.8 Å². The first-order valence-corrected chi connectivity index (χ1v) is 7.52. The van der Waals surface area contributed by atoms with E-state index >= 15 is 0 Å². The van der Waals surface area contributed by atoms with E-state index < -0.39 is 0 Å². The number of carbonyl (C=O) groups is 1. The van der Waals surface area contributed by atoms with Gasteiger partial charge in [0.2, 0.25) is 0 Å². The smallest absolute Gasteiger partial charge is 0.195 e. The van der Waals surface area contributed by atoms with E-state index in [1.54, 1.807) is 6.20 Å². The molecule has 0 aliphatic heterocycles. The molecule has 1 heterocycles. The average Bonchev–Trinajstić information content (AvgIpc) is 2.90. The minimum atomic E-state index is -0.00352. The lowest BCUT2D eigenvalue weighted by Gasteiger charge is -2.04. The Kier molecular flexibility index (Phi) is 3.80. The van der Waals surface area contributed by atoms with E-state index in [-0.39, 0.29) is 5.78 Å². The third-order valence-electron chi connectivity index (χ3n) is 3.30. The van der Waals surface area contributed by atoms with Gasteiger partial charge in [-0.2, -0.15) is 0 Å². The van der Waals surface area contributed by atoms with Gasteiger partial charge in [-0.3, -0.25) is 4.79 Å². The van der Waals surface area contributed by atoms with Crippen molar-refractivity contribution in [3.8, 4) is 5.75 Å². The molecule has 0 atom stereocenters. The topological polar surface area (TPSA) is 42.1 Å². The highest BCUT2D eigenvalue weighted by molar-refractivity contribution is 9.10. The number of hydrogen-bond acceptors (Lipinski definition) is 2. The predicted molar refractivity (Wildman–Crippen MR) is 87.0 cm³/mol. The summed E-state index contributed by atoms with van der Waals surface area (Å²) < 4.78 is 6.40. The summed E-state index contributed by atoms with van der Waals surface area (Å²) in [6.07, 6.45) is 1.75. The van der Waals surface area contributed by atoms with Crippen LogP contribution in [0.4, 0.5) is 0 Å². The molecule has 0 radical (unpaired) electrons. The van der Waals surface area contributed by atoms with Crippen LogP contribution in [0.25, 0.3) is 10.9 Å². The molecule has 4 heteroatoms. The zero-order chi connectivity index (χ0) is 14.8. The number of aromatic nitrogens is 1. The Morgan fingerprint density at radius 2 is 2.10 bits per heavy atom. The summed E-state index contributed by atoms with van der Waals surface area (Å²) in [7, 11) is 0. The Bertz CT molecular complexity index is 807. The number of nitrogens with one attached hydrogen (secondary N) is 1. The van der Waals surface area contributed by atoms with Crippen LogP contribution >= 0.6 is 15.9 Å². The minimum absolute atomic E-state index is 0.00352. The van der Waals surface area contributed by atoms with Crippen LogP contribution in [0.5, 0.6) is 5.75 Å². The van der Waals surface area contributed by atoms with Gasteiger partial charge in [0, 0.05) is 32.7 Å². The van der Waals surface area contributed by atoms with E-state index in [1.165, 1.54) is 0 Å². The normalized spacial score (nSPS) is 10.8. The van der Waals surface area contributed by atoms with Gasteiger partial charge in [0.05, 0.1) is 6.61 Å². The third kappa shape index (κ3) is 2.72. The molecule has 106 valence electrons. The molecular weight excluding hydrogens is 330 g/mol. The molecule has 0 fully saturated rings. The second-order valence-electron chi connectivity index (χ2n) is 4.68. The number of ether oxygens (including phenoxy) is 1. The lowest BCUT2D eigenvalue weighted by Crippen LogP contribution is -2.00. The summed E-state index contributed by atoms with van der Waals surface area (Å²) in [5.74, 6) is 0.768. The highest BCUT2D eigenvalue weighted by atomic mass is 79.9. The summed E-state index contributed by atoms with van der Waals surface area (Å²) in [6, 6.07) is 13.1. The quantitative estimate of drug-likeness (QED) is 0.705. The molecule has 0 aliphatic carbocycles. The fourth-order valence-electron chi connectivity index (χ4n) is 2.33. The van der Waals surface area contributed by atoms with Crippen molar-refractivity contribution in [3.05, 3.63) is 64.3 Å². The Morgan fingerprint density at radius 3 is 2.86 bits per heavy atom. The van der Waals surface area contributed by atoms with Gasteiger partial charge < -0.3 is 9.72 Å². The highest BCUT2D eigenvalue weighted by Gasteiger charge is 2.15. The van der Waals surface area contributed by atoms with Crippen LogP contribution in [0.2, 0.25) is 0 Å². The molecule has 1 aromatic heterocycles. The zero-order valence-electron chi connectivity index (χ0n) is 11.5. The lowest BCUT2D eigenvalue weighted by atomic mass is 10.0. The van der Waals surface area contributed by atoms with Gasteiger partial charge in [0.15, 0.2) is 5.78 Å². The molecule has 3 rings (SSSR count). The monoisotopic (exact) mass is 343 g/mol. The minimum Gasteiger partial charge on any atom is -0.494 e. The van der Waals surface area contributed by atoms with Gasteiger partial charge in [0.25, 0.3) is 0 Å². The standard InChI is InChI=1S/C17H14BrNO2/c1-2-21-13-6-7-16-14(9-13)15(10-19-16)17(20)11-4-3-5-12(18)8-11/h3-10,19H,2H2,1H3. The van der Waals surface area contributed by atoms with Crippen LogP contribution in [0.3, 0.4) is 0 Å². The van der Waals surface area contributed by atoms with Gasteiger partial charge in [-0.15, -0.1) is 0 Å². The molecule has 0 saturated carbocycles. The number of H-pyrrole nitrogens is 1. The molecular formula is C17H14BrNO2. The molecule has 0 amide bonds. The first kappa shape index (κ1) is 13.9. The molecule has 0 spiro atoms. The Morgan fingerprint density at radius 1 is 1.24 bits per heavy atom. The number of hydrogen-bond donors (Lipinski definition) is 1. The number of rotatable bonds is 4. The van der Waals surface area contributed by atoms with Gasteiger partial charge >= 0.3 is 0 Å². The number of fused-ring (bicyclic) bond motifs is 1. The Hall–Kier alpha value is -2.07. The van der Waals surface area contributed by atoms with E-state index in [0.717, 1.165) is 21.1 Å². The number of ketones is 1. The fourth-order valence-corrected chi connectivity index (χ4v) is 2.73. The molecule has 0 unspecified atom stereocenters. The van der Waals surface area contributed by atoms with E-state index in [2.05, 4.69) is 20.9 Å². The summed E-state index contributed by atoms with van der Waals surface area (Å²) in [5, 5.41) is 0.880. The molecule has 21 heavy (non-hydrogen) atoms. The second kappa shape index (κ2) is 5.74. The van der Waals surface area contributed by atoms with E-state index in [1.807, 2.05) is 49.4 Å². The molecule has 2 aromatic carbocycles. The van der Waals surface area contributed by atoms with E-state index in [4.69, 9.17) is 4.74 Å². The van der Waals surface area contributed by atoms with Crippen LogP contribution in [0.15, 0.2) is 53.1 Å². The third-order valence-corrected chi connectivity index (χ3v) is 3.79. The van der Waals surface area contributed by atoms with Crippen LogP contribution in [-0.4, -0.2) is 17.4 Å². The summed E-state index contributed by atoms with van der Waals surface area (Å²) in [5.41, 5.74) is 2.24. The first-order valence-electron chi connectivity index (χ1n) is 6.73. The van der Waals surface area contributed by atoms with Gasteiger partial charge in [-0.1, -0.05) is 28.1 Å². The highest BCUT2D eigenvalue weighted by Crippen LogP contribution is 2.26. The Labute approximate surface area is 131 Å². The Balaban J connectivity index is 2.07.